The Hall–Kier alpha value is -4.25. The van der Waals surface area contributed by atoms with E-state index in [-0.39, 0.29) is 23.0 Å². The fourth-order valence-corrected chi connectivity index (χ4v) is 5.91. The number of aryl methyl sites for hydroxylation is 1. The second-order valence-corrected chi connectivity index (χ2v) is 10.9. The van der Waals surface area contributed by atoms with Crippen LogP contribution in [0.5, 0.6) is 5.88 Å². The number of hydrogen-bond acceptors (Lipinski definition) is 7. The summed E-state index contributed by atoms with van der Waals surface area (Å²) in [5.74, 6) is -0.981. The molecular formula is C31H29Cl2N5O5. The van der Waals surface area contributed by atoms with Crippen molar-refractivity contribution in [1.29, 1.82) is 0 Å². The van der Waals surface area contributed by atoms with Gasteiger partial charge in [0.25, 0.3) is 11.5 Å². The number of ether oxygens (including phenoxy) is 1. The van der Waals surface area contributed by atoms with Gasteiger partial charge in [-0.15, -0.1) is 0 Å². The molecule has 4 aromatic rings. The van der Waals surface area contributed by atoms with Gasteiger partial charge in [-0.1, -0.05) is 59.6 Å². The van der Waals surface area contributed by atoms with E-state index in [1.807, 2.05) is 30.3 Å². The van der Waals surface area contributed by atoms with Crippen LogP contribution >= 0.6 is 23.2 Å². The molecule has 2 N–H and O–H groups in total. The van der Waals surface area contributed by atoms with E-state index in [0.717, 1.165) is 29.6 Å². The molecule has 5 rings (SSSR count). The van der Waals surface area contributed by atoms with Gasteiger partial charge in [0.2, 0.25) is 5.88 Å². The van der Waals surface area contributed by atoms with Crippen molar-refractivity contribution in [2.75, 3.05) is 19.0 Å². The van der Waals surface area contributed by atoms with Crippen LogP contribution in [0.25, 0.3) is 22.4 Å². The van der Waals surface area contributed by atoms with E-state index in [1.54, 1.807) is 25.3 Å². The van der Waals surface area contributed by atoms with Gasteiger partial charge < -0.3 is 15.2 Å². The lowest BCUT2D eigenvalue weighted by atomic mass is 10.00. The lowest BCUT2D eigenvalue weighted by Crippen LogP contribution is -2.31. The fourth-order valence-electron chi connectivity index (χ4n) is 5.31. The van der Waals surface area contributed by atoms with Crippen LogP contribution in [0.4, 0.5) is 5.69 Å². The van der Waals surface area contributed by atoms with Crippen LogP contribution in [0.15, 0.2) is 65.6 Å². The zero-order chi connectivity index (χ0) is 30.7. The third-order valence-electron chi connectivity index (χ3n) is 7.48. The molecule has 2 aromatic carbocycles. The second-order valence-electron chi connectivity index (χ2n) is 10.2. The molecule has 12 heteroatoms. The van der Waals surface area contributed by atoms with Gasteiger partial charge in [-0.2, -0.15) is 5.10 Å². The van der Waals surface area contributed by atoms with Gasteiger partial charge in [-0.25, -0.2) is 9.67 Å². The molecule has 2 aromatic heterocycles. The number of rotatable bonds is 9. The summed E-state index contributed by atoms with van der Waals surface area (Å²) in [5, 5.41) is 16.5. The highest BCUT2D eigenvalue weighted by Crippen LogP contribution is 2.41. The first-order valence-corrected chi connectivity index (χ1v) is 14.3. The van der Waals surface area contributed by atoms with Crippen LogP contribution in [0, 0.1) is 0 Å². The van der Waals surface area contributed by atoms with Gasteiger partial charge in [0.1, 0.15) is 5.56 Å². The van der Waals surface area contributed by atoms with Crippen LogP contribution in [0.1, 0.15) is 35.2 Å². The molecule has 0 bridgehead atoms. The predicted molar refractivity (Wildman–Crippen MR) is 165 cm³/mol. The van der Waals surface area contributed by atoms with Crippen molar-refractivity contribution < 1.29 is 19.4 Å². The first-order valence-electron chi connectivity index (χ1n) is 13.6. The predicted octanol–water partition coefficient (Wildman–Crippen LogP) is 5.52. The van der Waals surface area contributed by atoms with E-state index in [2.05, 4.69) is 15.3 Å². The molecule has 1 amide bonds. The molecule has 1 aliphatic heterocycles. The van der Waals surface area contributed by atoms with E-state index in [9.17, 15) is 19.5 Å². The summed E-state index contributed by atoms with van der Waals surface area (Å²) in [6.07, 6.45) is 3.27. The number of nitrogens with one attached hydrogen (secondary N) is 1. The lowest BCUT2D eigenvalue weighted by Gasteiger charge is -2.24. The quantitative estimate of drug-likeness (QED) is 0.250. The Bertz CT molecular complexity index is 1760. The highest BCUT2D eigenvalue weighted by atomic mass is 35.5. The molecule has 222 valence electrons. The van der Waals surface area contributed by atoms with Crippen molar-refractivity contribution >= 4 is 40.8 Å². The molecule has 1 saturated heterocycles. The number of nitrogens with zero attached hydrogens (tertiary/aromatic N) is 4. The number of carboxylic acid groups (broad SMARTS) is 1. The number of halogens is 2. The minimum Gasteiger partial charge on any atom is -0.481 e. The summed E-state index contributed by atoms with van der Waals surface area (Å²) in [4.78, 5) is 43.4. The molecule has 0 saturated carbocycles. The third-order valence-corrected chi connectivity index (χ3v) is 8.29. The lowest BCUT2D eigenvalue weighted by molar-refractivity contribution is -0.138. The number of methoxy groups -OCH3 is 1. The van der Waals surface area contributed by atoms with Gasteiger partial charge in [0.15, 0.2) is 0 Å². The summed E-state index contributed by atoms with van der Waals surface area (Å²) in [6.45, 7) is 1.35. The standard InChI is InChI=1S/C31H29Cl2N5O5/c1-37-31(42)23(13-14-34-37)29(41)35-25-10-4-8-21(28(25)33)20-7-3-9-22(27(20)32)24-12-11-18(30(36-24)43-2)17-38-15-5-6-19(38)16-26(39)40/h3-4,7-14,19H,5-6,15-17H2,1-2H3,(H,35,41)(H,39,40)/t19-/m0/s1. The smallest absolute Gasteiger partial charge is 0.304 e. The number of carboxylic acids is 1. The number of carbonyl (C=O) groups is 2. The van der Waals surface area contributed by atoms with Crippen molar-refractivity contribution in [1.82, 2.24) is 19.7 Å². The number of aromatic nitrogens is 3. The Labute approximate surface area is 257 Å². The molecule has 10 nitrogen and oxygen atoms in total. The minimum atomic E-state index is -0.806. The molecule has 1 aliphatic rings. The van der Waals surface area contributed by atoms with E-state index in [0.29, 0.717) is 45.5 Å². The molecule has 3 heterocycles. The molecule has 0 aliphatic carbocycles. The number of carbonyl (C=O) groups excluding carboxylic acids is 1. The van der Waals surface area contributed by atoms with Crippen molar-refractivity contribution in [2.24, 2.45) is 7.05 Å². The zero-order valence-electron chi connectivity index (χ0n) is 23.5. The maximum Gasteiger partial charge on any atom is 0.304 e. The average molecular weight is 623 g/mol. The Morgan fingerprint density at radius 3 is 2.51 bits per heavy atom. The highest BCUT2D eigenvalue weighted by Gasteiger charge is 2.28. The van der Waals surface area contributed by atoms with Gasteiger partial charge in [0.05, 0.1) is 35.0 Å². The van der Waals surface area contributed by atoms with Crippen molar-refractivity contribution in [2.45, 2.75) is 31.8 Å². The number of pyridine rings is 1. The highest BCUT2D eigenvalue weighted by molar-refractivity contribution is 6.39. The monoisotopic (exact) mass is 621 g/mol. The SMILES string of the molecule is COc1nc(-c2cccc(-c3cccc(NC(=O)c4ccnn(C)c4=O)c3Cl)c2Cl)ccc1CN1CCC[C@H]1CC(=O)O. The summed E-state index contributed by atoms with van der Waals surface area (Å²) < 4.78 is 6.71. The molecule has 1 atom stereocenters. The van der Waals surface area contributed by atoms with E-state index in [4.69, 9.17) is 32.9 Å². The third kappa shape index (κ3) is 6.41. The summed E-state index contributed by atoms with van der Waals surface area (Å²) in [7, 11) is 3.01. The first-order chi connectivity index (χ1) is 20.7. The molecule has 1 fully saturated rings. The molecule has 43 heavy (non-hydrogen) atoms. The minimum absolute atomic E-state index is 0.0200. The number of amides is 1. The Balaban J connectivity index is 1.43. The van der Waals surface area contributed by atoms with Crippen LogP contribution in [-0.4, -0.2) is 56.3 Å². The number of hydrogen-bond donors (Lipinski definition) is 2. The second kappa shape index (κ2) is 12.9. The van der Waals surface area contributed by atoms with Crippen LogP contribution in [0.2, 0.25) is 10.0 Å². The van der Waals surface area contributed by atoms with Crippen LogP contribution < -0.4 is 15.6 Å². The average Bonchev–Trinajstić information content (AvgIpc) is 3.41. The first kappa shape index (κ1) is 30.2. The van der Waals surface area contributed by atoms with Gasteiger partial charge in [-0.3, -0.25) is 19.3 Å². The Kier molecular flexibility index (Phi) is 9.10. The summed E-state index contributed by atoms with van der Waals surface area (Å²) in [6, 6.07) is 15.8. The topological polar surface area (TPSA) is 127 Å². The Morgan fingerprint density at radius 1 is 1.05 bits per heavy atom. The zero-order valence-corrected chi connectivity index (χ0v) is 25.0. The van der Waals surface area contributed by atoms with Crippen molar-refractivity contribution in [3.63, 3.8) is 0 Å². The maximum absolute atomic E-state index is 12.9. The van der Waals surface area contributed by atoms with Crippen LogP contribution in [-0.2, 0) is 18.4 Å². The van der Waals surface area contributed by atoms with Crippen molar-refractivity contribution in [3.8, 4) is 28.3 Å². The van der Waals surface area contributed by atoms with E-state index >= 15 is 0 Å². The summed E-state index contributed by atoms with van der Waals surface area (Å²) >= 11 is 13.7. The number of likely N-dealkylation sites (tertiary alicyclic amines) is 1. The van der Waals surface area contributed by atoms with E-state index < -0.39 is 17.4 Å². The molecule has 0 radical (unpaired) electrons. The van der Waals surface area contributed by atoms with Crippen molar-refractivity contribution in [3.05, 3.63) is 92.3 Å². The Morgan fingerprint density at radius 2 is 1.77 bits per heavy atom. The summed E-state index contributed by atoms with van der Waals surface area (Å²) in [5.41, 5.74) is 3.02. The van der Waals surface area contributed by atoms with Gasteiger partial charge >= 0.3 is 5.97 Å². The van der Waals surface area contributed by atoms with Gasteiger partial charge in [-0.05, 0) is 37.6 Å². The maximum atomic E-state index is 12.9. The molecule has 0 spiro atoms. The van der Waals surface area contributed by atoms with Crippen LogP contribution in [0.3, 0.4) is 0 Å². The van der Waals surface area contributed by atoms with E-state index in [1.165, 1.54) is 19.3 Å². The largest absolute Gasteiger partial charge is 0.481 e. The number of aliphatic carboxylic acids is 1. The molecular weight excluding hydrogens is 593 g/mol. The number of benzene rings is 2. The molecule has 0 unspecified atom stereocenters. The normalized spacial score (nSPS) is 14.9. The number of anilines is 1. The van der Waals surface area contributed by atoms with Gasteiger partial charge in [0, 0.05) is 48.1 Å². The fraction of sp³-hybridized carbons (Fsp3) is 0.258.